The van der Waals surface area contributed by atoms with Gasteiger partial charge in [-0.05, 0) is 42.3 Å². The summed E-state index contributed by atoms with van der Waals surface area (Å²) >= 11 is 0. The number of nitrogens with one attached hydrogen (secondary N) is 1. The number of piperazine rings is 1. The van der Waals surface area contributed by atoms with Crippen LogP contribution in [0.1, 0.15) is 5.56 Å². The summed E-state index contributed by atoms with van der Waals surface area (Å²) in [6.45, 7) is 4.19. The van der Waals surface area contributed by atoms with E-state index in [0.717, 1.165) is 56.3 Å². The van der Waals surface area contributed by atoms with Crippen molar-refractivity contribution in [2.75, 3.05) is 52.3 Å². The Morgan fingerprint density at radius 2 is 1.67 bits per heavy atom. The predicted octanol–water partition coefficient (Wildman–Crippen LogP) is 3.10. The van der Waals surface area contributed by atoms with Crippen LogP contribution >= 0.6 is 0 Å². The summed E-state index contributed by atoms with van der Waals surface area (Å²) < 4.78 is 10.6. The molecule has 0 aromatic heterocycles. The van der Waals surface area contributed by atoms with Gasteiger partial charge in [0.15, 0.2) is 0 Å². The molecule has 144 valence electrons. The molecule has 0 spiro atoms. The van der Waals surface area contributed by atoms with E-state index in [1.165, 1.54) is 5.56 Å². The molecule has 1 fully saturated rings. The molecule has 0 unspecified atom stereocenters. The van der Waals surface area contributed by atoms with Crippen LogP contribution in [-0.4, -0.2) is 62.8 Å². The smallest absolute Gasteiger partial charge is 0.321 e. The fraction of sp³-hybridized carbons (Fsp3) is 0.381. The van der Waals surface area contributed by atoms with Crippen LogP contribution in [0.5, 0.6) is 11.5 Å². The van der Waals surface area contributed by atoms with E-state index in [1.807, 2.05) is 47.4 Å². The predicted molar refractivity (Wildman–Crippen MR) is 107 cm³/mol. The minimum absolute atomic E-state index is 0.0513. The number of urea groups is 1. The van der Waals surface area contributed by atoms with E-state index in [-0.39, 0.29) is 6.03 Å². The van der Waals surface area contributed by atoms with Crippen molar-refractivity contribution in [2.45, 2.75) is 6.42 Å². The molecule has 27 heavy (non-hydrogen) atoms. The summed E-state index contributed by atoms with van der Waals surface area (Å²) in [6.07, 6.45) is 0.946. The molecular formula is C21H27N3O3. The molecule has 0 atom stereocenters. The SMILES string of the molecule is COc1ccc(NC(=O)N2CCN(CCc3ccccc3OC)CC2)cc1. The molecule has 1 N–H and O–H groups in total. The lowest BCUT2D eigenvalue weighted by Crippen LogP contribution is -2.50. The van der Waals surface area contributed by atoms with Crippen LogP contribution in [0.25, 0.3) is 0 Å². The molecule has 0 bridgehead atoms. The third-order valence-electron chi connectivity index (χ3n) is 4.89. The van der Waals surface area contributed by atoms with Crippen molar-refractivity contribution in [3.05, 3.63) is 54.1 Å². The second kappa shape index (κ2) is 9.28. The number of benzene rings is 2. The maximum atomic E-state index is 12.4. The Balaban J connectivity index is 1.44. The molecule has 1 saturated heterocycles. The lowest BCUT2D eigenvalue weighted by molar-refractivity contribution is 0.148. The number of hydrogen-bond donors (Lipinski definition) is 1. The molecule has 2 aromatic rings. The number of amides is 2. The highest BCUT2D eigenvalue weighted by Crippen LogP contribution is 2.19. The molecule has 2 amide bonds. The van der Waals surface area contributed by atoms with Gasteiger partial charge in [-0.2, -0.15) is 0 Å². The zero-order valence-corrected chi connectivity index (χ0v) is 16.0. The van der Waals surface area contributed by atoms with Crippen LogP contribution in [0.4, 0.5) is 10.5 Å². The highest BCUT2D eigenvalue weighted by atomic mass is 16.5. The number of nitrogens with zero attached hydrogens (tertiary/aromatic N) is 2. The standard InChI is InChI=1S/C21H27N3O3/c1-26-19-9-7-18(8-10-19)22-21(25)24-15-13-23(14-16-24)12-11-17-5-3-4-6-20(17)27-2/h3-10H,11-16H2,1-2H3,(H,22,25). The molecule has 0 aliphatic carbocycles. The van der Waals surface area contributed by atoms with E-state index in [1.54, 1.807) is 14.2 Å². The van der Waals surface area contributed by atoms with Crippen LogP contribution in [0.2, 0.25) is 0 Å². The van der Waals surface area contributed by atoms with Crippen molar-refractivity contribution in [3.63, 3.8) is 0 Å². The lowest BCUT2D eigenvalue weighted by atomic mass is 10.1. The molecule has 0 radical (unpaired) electrons. The largest absolute Gasteiger partial charge is 0.497 e. The number of hydrogen-bond acceptors (Lipinski definition) is 4. The van der Waals surface area contributed by atoms with Crippen LogP contribution < -0.4 is 14.8 Å². The number of carbonyl (C=O) groups is 1. The summed E-state index contributed by atoms with van der Waals surface area (Å²) in [5.74, 6) is 1.71. The van der Waals surface area contributed by atoms with Crippen molar-refractivity contribution in [1.29, 1.82) is 0 Å². The Morgan fingerprint density at radius 3 is 2.33 bits per heavy atom. The zero-order valence-electron chi connectivity index (χ0n) is 16.0. The molecule has 1 aliphatic heterocycles. The topological polar surface area (TPSA) is 54.0 Å². The molecule has 2 aromatic carbocycles. The van der Waals surface area contributed by atoms with E-state index < -0.39 is 0 Å². The van der Waals surface area contributed by atoms with Gasteiger partial charge in [-0.25, -0.2) is 4.79 Å². The van der Waals surface area contributed by atoms with E-state index in [9.17, 15) is 4.79 Å². The molecule has 1 heterocycles. The van der Waals surface area contributed by atoms with Gasteiger partial charge in [-0.15, -0.1) is 0 Å². The molecule has 0 saturated carbocycles. The second-order valence-electron chi connectivity index (χ2n) is 6.55. The Morgan fingerprint density at radius 1 is 0.963 bits per heavy atom. The molecule has 6 nitrogen and oxygen atoms in total. The number of carbonyl (C=O) groups excluding carboxylic acids is 1. The molecular weight excluding hydrogens is 342 g/mol. The second-order valence-corrected chi connectivity index (χ2v) is 6.55. The lowest BCUT2D eigenvalue weighted by Gasteiger charge is -2.34. The highest BCUT2D eigenvalue weighted by molar-refractivity contribution is 5.89. The van der Waals surface area contributed by atoms with Crippen molar-refractivity contribution in [3.8, 4) is 11.5 Å². The average molecular weight is 369 g/mol. The summed E-state index contributed by atoms with van der Waals surface area (Å²) in [6, 6.07) is 15.5. The van der Waals surface area contributed by atoms with E-state index in [4.69, 9.17) is 9.47 Å². The van der Waals surface area contributed by atoms with Gasteiger partial charge >= 0.3 is 6.03 Å². The van der Waals surface area contributed by atoms with Crippen molar-refractivity contribution in [1.82, 2.24) is 9.80 Å². The van der Waals surface area contributed by atoms with Crippen LogP contribution in [0.15, 0.2) is 48.5 Å². The van der Waals surface area contributed by atoms with Gasteiger partial charge in [0.05, 0.1) is 14.2 Å². The van der Waals surface area contributed by atoms with Gasteiger partial charge < -0.3 is 19.7 Å². The quantitative estimate of drug-likeness (QED) is 0.850. The van der Waals surface area contributed by atoms with Gasteiger partial charge in [0.2, 0.25) is 0 Å². The first-order valence-electron chi connectivity index (χ1n) is 9.24. The third kappa shape index (κ3) is 5.14. The van der Waals surface area contributed by atoms with Gasteiger partial charge in [0, 0.05) is 38.4 Å². The Hall–Kier alpha value is -2.73. The van der Waals surface area contributed by atoms with Crippen molar-refractivity contribution in [2.24, 2.45) is 0 Å². The highest BCUT2D eigenvalue weighted by Gasteiger charge is 2.21. The maximum Gasteiger partial charge on any atom is 0.321 e. The summed E-state index contributed by atoms with van der Waals surface area (Å²) in [4.78, 5) is 16.7. The first kappa shape index (κ1) is 19.0. The molecule has 3 rings (SSSR count). The number of para-hydroxylation sites is 1. The van der Waals surface area contributed by atoms with E-state index in [2.05, 4.69) is 16.3 Å². The van der Waals surface area contributed by atoms with Crippen molar-refractivity contribution >= 4 is 11.7 Å². The number of ether oxygens (including phenoxy) is 2. The normalized spacial score (nSPS) is 14.7. The van der Waals surface area contributed by atoms with Crippen LogP contribution in [-0.2, 0) is 6.42 Å². The Labute approximate surface area is 160 Å². The molecule has 1 aliphatic rings. The fourth-order valence-electron chi connectivity index (χ4n) is 3.24. The fourth-order valence-corrected chi connectivity index (χ4v) is 3.24. The van der Waals surface area contributed by atoms with Gasteiger partial charge in [0.1, 0.15) is 11.5 Å². The number of anilines is 1. The first-order chi connectivity index (χ1) is 13.2. The van der Waals surface area contributed by atoms with Crippen LogP contribution in [0, 0.1) is 0 Å². The van der Waals surface area contributed by atoms with Gasteiger partial charge in [-0.1, -0.05) is 18.2 Å². The van der Waals surface area contributed by atoms with Gasteiger partial charge in [0.25, 0.3) is 0 Å². The maximum absolute atomic E-state index is 12.4. The van der Waals surface area contributed by atoms with E-state index >= 15 is 0 Å². The third-order valence-corrected chi connectivity index (χ3v) is 4.89. The minimum Gasteiger partial charge on any atom is -0.497 e. The zero-order chi connectivity index (χ0) is 19.1. The molecule has 6 heteroatoms. The van der Waals surface area contributed by atoms with E-state index in [0.29, 0.717) is 0 Å². The number of rotatable bonds is 6. The van der Waals surface area contributed by atoms with Crippen molar-refractivity contribution < 1.29 is 14.3 Å². The summed E-state index contributed by atoms with van der Waals surface area (Å²) in [5.41, 5.74) is 2.00. The minimum atomic E-state index is -0.0513. The monoisotopic (exact) mass is 369 g/mol. The Kier molecular flexibility index (Phi) is 6.54. The first-order valence-corrected chi connectivity index (χ1v) is 9.24. The Bertz CT molecular complexity index is 741. The summed E-state index contributed by atoms with van der Waals surface area (Å²) in [7, 11) is 3.33. The number of methoxy groups -OCH3 is 2. The summed E-state index contributed by atoms with van der Waals surface area (Å²) in [5, 5.41) is 2.95. The average Bonchev–Trinajstić information content (AvgIpc) is 2.73. The van der Waals surface area contributed by atoms with Crippen LogP contribution in [0.3, 0.4) is 0 Å². The van der Waals surface area contributed by atoms with Gasteiger partial charge in [-0.3, -0.25) is 4.90 Å².